The van der Waals surface area contributed by atoms with Crippen LogP contribution in [0.2, 0.25) is 0 Å². The van der Waals surface area contributed by atoms with E-state index in [1.54, 1.807) is 16.7 Å². The Morgan fingerprint density at radius 3 is 2.31 bits per heavy atom. The van der Waals surface area contributed by atoms with E-state index >= 15 is 0 Å². The van der Waals surface area contributed by atoms with Crippen LogP contribution in [0.3, 0.4) is 0 Å². The molecule has 1 atom stereocenters. The first-order valence-corrected chi connectivity index (χ1v) is 14.3. The number of nitrogens with zero attached hydrogens (tertiary/aromatic N) is 1. The summed E-state index contributed by atoms with van der Waals surface area (Å²) >= 11 is 5.16. The lowest BCUT2D eigenvalue weighted by atomic mass is 10.0. The molecule has 0 aliphatic carbocycles. The second kappa shape index (κ2) is 14.9. The standard InChI is InChI=1S/C30H35BrN2O2S/c1-3-4-19-32-30(35)28(21-24-8-6-5-7-9-24)33(22-25-12-14-26(31)15-13-25)29(34)18-20-36-27-16-10-23(2)11-17-27/h5-17,28H,3-4,18-22H2,1-2H3,(H,32,35). The number of thioether (sulfide) groups is 1. The van der Waals surface area contributed by atoms with Crippen molar-refractivity contribution in [3.63, 3.8) is 0 Å². The maximum absolute atomic E-state index is 13.6. The number of hydrogen-bond donors (Lipinski definition) is 1. The summed E-state index contributed by atoms with van der Waals surface area (Å²) in [6, 6.07) is 25.6. The van der Waals surface area contributed by atoms with Crippen LogP contribution in [-0.4, -0.2) is 35.1 Å². The summed E-state index contributed by atoms with van der Waals surface area (Å²) in [7, 11) is 0. The van der Waals surface area contributed by atoms with Gasteiger partial charge in [0.25, 0.3) is 0 Å². The molecule has 0 aliphatic rings. The maximum Gasteiger partial charge on any atom is 0.243 e. The maximum atomic E-state index is 13.6. The Balaban J connectivity index is 1.81. The molecule has 4 nitrogen and oxygen atoms in total. The number of hydrogen-bond acceptors (Lipinski definition) is 3. The second-order valence-electron chi connectivity index (χ2n) is 8.91. The summed E-state index contributed by atoms with van der Waals surface area (Å²) in [6.07, 6.45) is 2.76. The average molecular weight is 568 g/mol. The van der Waals surface area contributed by atoms with E-state index in [-0.39, 0.29) is 11.8 Å². The van der Waals surface area contributed by atoms with Crippen molar-refractivity contribution in [1.29, 1.82) is 0 Å². The van der Waals surface area contributed by atoms with E-state index in [9.17, 15) is 9.59 Å². The van der Waals surface area contributed by atoms with Crippen LogP contribution in [0.15, 0.2) is 88.2 Å². The number of benzene rings is 3. The van der Waals surface area contributed by atoms with E-state index in [1.807, 2.05) is 54.6 Å². The van der Waals surface area contributed by atoms with Crippen LogP contribution in [0.4, 0.5) is 0 Å². The Kier molecular flexibility index (Phi) is 11.6. The first kappa shape index (κ1) is 28.0. The summed E-state index contributed by atoms with van der Waals surface area (Å²) in [4.78, 5) is 30.0. The molecular formula is C30H35BrN2O2S. The van der Waals surface area contributed by atoms with Crippen LogP contribution < -0.4 is 5.32 Å². The van der Waals surface area contributed by atoms with Gasteiger partial charge in [0, 0.05) is 41.1 Å². The van der Waals surface area contributed by atoms with Gasteiger partial charge < -0.3 is 10.2 Å². The third-order valence-electron chi connectivity index (χ3n) is 5.97. The topological polar surface area (TPSA) is 49.4 Å². The summed E-state index contributed by atoms with van der Waals surface area (Å²) in [5.41, 5.74) is 3.25. The van der Waals surface area contributed by atoms with Crippen molar-refractivity contribution in [3.8, 4) is 0 Å². The number of unbranched alkanes of at least 4 members (excludes halogenated alkanes) is 1. The fourth-order valence-electron chi connectivity index (χ4n) is 3.88. The van der Waals surface area contributed by atoms with E-state index in [4.69, 9.17) is 0 Å². The molecular weight excluding hydrogens is 532 g/mol. The normalized spacial score (nSPS) is 11.6. The van der Waals surface area contributed by atoms with Crippen LogP contribution >= 0.6 is 27.7 Å². The van der Waals surface area contributed by atoms with Gasteiger partial charge >= 0.3 is 0 Å². The quantitative estimate of drug-likeness (QED) is 0.183. The van der Waals surface area contributed by atoms with Crippen LogP contribution in [0.1, 0.15) is 42.9 Å². The molecule has 1 unspecified atom stereocenters. The molecule has 0 fully saturated rings. The lowest BCUT2D eigenvalue weighted by molar-refractivity contribution is -0.141. The highest BCUT2D eigenvalue weighted by atomic mass is 79.9. The largest absolute Gasteiger partial charge is 0.354 e. The van der Waals surface area contributed by atoms with Gasteiger partial charge in [-0.3, -0.25) is 9.59 Å². The fourth-order valence-corrected chi connectivity index (χ4v) is 4.99. The predicted molar refractivity (Wildman–Crippen MR) is 153 cm³/mol. The van der Waals surface area contributed by atoms with Crippen molar-refractivity contribution in [3.05, 3.63) is 100 Å². The van der Waals surface area contributed by atoms with E-state index in [2.05, 4.69) is 59.4 Å². The summed E-state index contributed by atoms with van der Waals surface area (Å²) in [5, 5.41) is 3.08. The molecule has 3 rings (SSSR count). The van der Waals surface area contributed by atoms with Gasteiger partial charge in [-0.15, -0.1) is 11.8 Å². The van der Waals surface area contributed by atoms with E-state index in [0.29, 0.717) is 31.7 Å². The summed E-state index contributed by atoms with van der Waals surface area (Å²) < 4.78 is 0.983. The molecule has 0 saturated heterocycles. The van der Waals surface area contributed by atoms with E-state index in [0.717, 1.165) is 33.3 Å². The lowest BCUT2D eigenvalue weighted by Crippen LogP contribution is -2.50. The molecule has 36 heavy (non-hydrogen) atoms. The van der Waals surface area contributed by atoms with E-state index in [1.165, 1.54) is 5.56 Å². The molecule has 0 aliphatic heterocycles. The molecule has 2 amide bonds. The van der Waals surface area contributed by atoms with Gasteiger partial charge in [0.05, 0.1) is 0 Å². The highest BCUT2D eigenvalue weighted by Crippen LogP contribution is 2.22. The predicted octanol–water partition coefficient (Wildman–Crippen LogP) is 6.80. The van der Waals surface area contributed by atoms with Crippen molar-refractivity contribution >= 4 is 39.5 Å². The summed E-state index contributed by atoms with van der Waals surface area (Å²) in [6.45, 7) is 5.17. The molecule has 0 bridgehead atoms. The highest BCUT2D eigenvalue weighted by Gasteiger charge is 2.30. The van der Waals surface area contributed by atoms with Crippen molar-refractivity contribution in [2.45, 2.75) is 57.0 Å². The second-order valence-corrected chi connectivity index (χ2v) is 11.0. The molecule has 0 spiro atoms. The number of halogens is 1. The number of carbonyl (C=O) groups is 2. The summed E-state index contributed by atoms with van der Waals surface area (Å²) in [5.74, 6) is 0.557. The Morgan fingerprint density at radius 2 is 1.64 bits per heavy atom. The van der Waals surface area contributed by atoms with Gasteiger partial charge in [-0.05, 0) is 48.7 Å². The third-order valence-corrected chi connectivity index (χ3v) is 7.51. The Hall–Kier alpha value is -2.57. The molecule has 0 saturated carbocycles. The van der Waals surface area contributed by atoms with Gasteiger partial charge in [-0.1, -0.05) is 89.4 Å². The molecule has 3 aromatic rings. The molecule has 0 heterocycles. The van der Waals surface area contributed by atoms with E-state index < -0.39 is 6.04 Å². The molecule has 0 aromatic heterocycles. The number of carbonyl (C=O) groups excluding carboxylic acids is 2. The third kappa shape index (κ3) is 9.14. The zero-order chi connectivity index (χ0) is 25.8. The van der Waals surface area contributed by atoms with Gasteiger partial charge in [-0.25, -0.2) is 0 Å². The number of amides is 2. The minimum absolute atomic E-state index is 0.0101. The van der Waals surface area contributed by atoms with Gasteiger partial charge in [0.2, 0.25) is 11.8 Å². The molecule has 6 heteroatoms. The van der Waals surface area contributed by atoms with Crippen LogP contribution in [0.25, 0.3) is 0 Å². The monoisotopic (exact) mass is 566 g/mol. The minimum atomic E-state index is -0.579. The molecule has 190 valence electrons. The zero-order valence-electron chi connectivity index (χ0n) is 21.1. The van der Waals surface area contributed by atoms with Crippen molar-refractivity contribution in [2.75, 3.05) is 12.3 Å². The van der Waals surface area contributed by atoms with Gasteiger partial charge in [-0.2, -0.15) is 0 Å². The average Bonchev–Trinajstić information content (AvgIpc) is 2.89. The number of nitrogens with one attached hydrogen (secondary N) is 1. The van der Waals surface area contributed by atoms with Crippen LogP contribution in [-0.2, 0) is 22.6 Å². The van der Waals surface area contributed by atoms with Gasteiger partial charge in [0.1, 0.15) is 6.04 Å². The van der Waals surface area contributed by atoms with Crippen molar-refractivity contribution in [2.24, 2.45) is 0 Å². The Labute approximate surface area is 228 Å². The lowest BCUT2D eigenvalue weighted by Gasteiger charge is -2.31. The fraction of sp³-hybridized carbons (Fsp3) is 0.333. The first-order valence-electron chi connectivity index (χ1n) is 12.5. The van der Waals surface area contributed by atoms with Crippen LogP contribution in [0.5, 0.6) is 0 Å². The Bertz CT molecular complexity index is 1090. The molecule has 0 radical (unpaired) electrons. The smallest absolute Gasteiger partial charge is 0.243 e. The van der Waals surface area contributed by atoms with Crippen molar-refractivity contribution in [1.82, 2.24) is 10.2 Å². The molecule has 3 aromatic carbocycles. The van der Waals surface area contributed by atoms with Gasteiger partial charge in [0.15, 0.2) is 0 Å². The van der Waals surface area contributed by atoms with Crippen molar-refractivity contribution < 1.29 is 9.59 Å². The minimum Gasteiger partial charge on any atom is -0.354 e. The first-order chi connectivity index (χ1) is 17.5. The zero-order valence-corrected chi connectivity index (χ0v) is 23.5. The number of rotatable bonds is 13. The number of aryl methyl sites for hydroxylation is 1. The van der Waals surface area contributed by atoms with Crippen LogP contribution in [0, 0.1) is 6.92 Å². The molecule has 1 N–H and O–H groups in total. The SMILES string of the molecule is CCCCNC(=O)C(Cc1ccccc1)N(Cc1ccc(Br)cc1)C(=O)CCSc1ccc(C)cc1. The Morgan fingerprint density at radius 1 is 0.944 bits per heavy atom. The highest BCUT2D eigenvalue weighted by molar-refractivity contribution is 9.10.